The number of guanidine groups is 1. The molecular formula is C12H16FN3. The average molecular weight is 221 g/mol. The van der Waals surface area contributed by atoms with Gasteiger partial charge >= 0.3 is 0 Å². The summed E-state index contributed by atoms with van der Waals surface area (Å²) in [5.74, 6) is 0.315. The minimum absolute atomic E-state index is 0.219. The highest BCUT2D eigenvalue weighted by atomic mass is 19.1. The molecule has 0 amide bonds. The fourth-order valence-electron chi connectivity index (χ4n) is 1.48. The van der Waals surface area contributed by atoms with Gasteiger partial charge in [0.25, 0.3) is 0 Å². The predicted octanol–water partition coefficient (Wildman–Crippen LogP) is 1.73. The number of nitrogens with two attached hydrogens (primary N) is 1. The summed E-state index contributed by atoms with van der Waals surface area (Å²) < 4.78 is 13.0. The average Bonchev–Trinajstić information content (AvgIpc) is 3.01. The van der Waals surface area contributed by atoms with Crippen LogP contribution < -0.4 is 5.73 Å². The summed E-state index contributed by atoms with van der Waals surface area (Å²) in [5.41, 5.74) is 6.73. The third-order valence-corrected chi connectivity index (χ3v) is 2.56. The number of rotatable bonds is 3. The molecule has 3 nitrogen and oxygen atoms in total. The largest absolute Gasteiger partial charge is 0.370 e. The summed E-state index contributed by atoms with van der Waals surface area (Å²) in [5, 5.41) is 0. The number of hydrogen-bond acceptors (Lipinski definition) is 1. The van der Waals surface area contributed by atoms with Gasteiger partial charge in [-0.2, -0.15) is 0 Å². The zero-order valence-electron chi connectivity index (χ0n) is 9.36. The molecule has 1 aliphatic rings. The first-order valence-corrected chi connectivity index (χ1v) is 5.44. The molecule has 0 heterocycles. The van der Waals surface area contributed by atoms with E-state index in [1.165, 1.54) is 12.1 Å². The lowest BCUT2D eigenvalue weighted by atomic mass is 10.2. The Morgan fingerprint density at radius 2 is 2.31 bits per heavy atom. The first kappa shape index (κ1) is 10.9. The van der Waals surface area contributed by atoms with Gasteiger partial charge in [-0.15, -0.1) is 0 Å². The Kier molecular flexibility index (Phi) is 3.08. The molecule has 0 atom stereocenters. The molecule has 0 saturated heterocycles. The lowest BCUT2D eigenvalue weighted by Crippen LogP contribution is -2.33. The van der Waals surface area contributed by atoms with E-state index in [1.807, 2.05) is 18.0 Å². The van der Waals surface area contributed by atoms with E-state index in [-0.39, 0.29) is 5.82 Å². The minimum Gasteiger partial charge on any atom is -0.370 e. The van der Waals surface area contributed by atoms with Gasteiger partial charge in [0.15, 0.2) is 5.96 Å². The smallest absolute Gasteiger partial charge is 0.191 e. The van der Waals surface area contributed by atoms with Gasteiger partial charge in [-0.1, -0.05) is 12.1 Å². The Bertz CT molecular complexity index is 399. The van der Waals surface area contributed by atoms with Crippen molar-refractivity contribution in [2.45, 2.75) is 25.4 Å². The Morgan fingerprint density at radius 3 is 2.94 bits per heavy atom. The molecule has 1 aromatic rings. The Hall–Kier alpha value is -1.58. The molecule has 1 aliphatic carbocycles. The molecule has 0 spiro atoms. The van der Waals surface area contributed by atoms with Crippen LogP contribution in [0.5, 0.6) is 0 Å². The van der Waals surface area contributed by atoms with Crippen molar-refractivity contribution in [2.75, 3.05) is 7.05 Å². The highest BCUT2D eigenvalue weighted by molar-refractivity contribution is 5.78. The van der Waals surface area contributed by atoms with E-state index in [2.05, 4.69) is 4.99 Å². The van der Waals surface area contributed by atoms with E-state index in [4.69, 9.17) is 5.73 Å². The molecule has 0 aromatic heterocycles. The highest BCUT2D eigenvalue weighted by Gasteiger charge is 2.21. The number of aliphatic imine (C=N–C) groups is 1. The standard InChI is InChI=1S/C12H16FN3/c1-16(12(14)15-11-5-6-11)8-9-3-2-4-10(13)7-9/h2-4,7,11H,5-6,8H2,1H3,(H2,14,15). The van der Waals surface area contributed by atoms with E-state index >= 15 is 0 Å². The zero-order chi connectivity index (χ0) is 11.5. The van der Waals surface area contributed by atoms with Crippen molar-refractivity contribution >= 4 is 5.96 Å². The minimum atomic E-state index is -0.219. The molecule has 1 saturated carbocycles. The maximum atomic E-state index is 13.0. The summed E-state index contributed by atoms with van der Waals surface area (Å²) in [6.07, 6.45) is 2.27. The van der Waals surface area contributed by atoms with Gasteiger partial charge in [0.1, 0.15) is 5.82 Å². The van der Waals surface area contributed by atoms with Gasteiger partial charge in [-0.05, 0) is 30.5 Å². The van der Waals surface area contributed by atoms with E-state index in [1.54, 1.807) is 6.07 Å². The molecule has 0 unspecified atom stereocenters. The van der Waals surface area contributed by atoms with E-state index in [0.717, 1.165) is 18.4 Å². The Morgan fingerprint density at radius 1 is 1.56 bits per heavy atom. The number of halogens is 1. The summed E-state index contributed by atoms with van der Waals surface area (Å²) >= 11 is 0. The maximum absolute atomic E-state index is 13.0. The van der Waals surface area contributed by atoms with E-state index in [9.17, 15) is 4.39 Å². The van der Waals surface area contributed by atoms with Crippen molar-refractivity contribution in [1.29, 1.82) is 0 Å². The summed E-state index contributed by atoms with van der Waals surface area (Å²) in [6.45, 7) is 0.583. The van der Waals surface area contributed by atoms with E-state index < -0.39 is 0 Å². The molecule has 16 heavy (non-hydrogen) atoms. The second kappa shape index (κ2) is 4.51. The van der Waals surface area contributed by atoms with Crippen molar-refractivity contribution in [1.82, 2.24) is 4.90 Å². The third kappa shape index (κ3) is 2.95. The van der Waals surface area contributed by atoms with Gasteiger partial charge < -0.3 is 10.6 Å². The van der Waals surface area contributed by atoms with Gasteiger partial charge in [-0.3, -0.25) is 0 Å². The molecule has 2 N–H and O–H groups in total. The second-order valence-corrected chi connectivity index (χ2v) is 4.20. The van der Waals surface area contributed by atoms with Crippen LogP contribution in [0.15, 0.2) is 29.3 Å². The number of hydrogen-bond donors (Lipinski definition) is 1. The monoisotopic (exact) mass is 221 g/mol. The molecule has 4 heteroatoms. The lowest BCUT2D eigenvalue weighted by molar-refractivity contribution is 0.489. The third-order valence-electron chi connectivity index (χ3n) is 2.56. The summed E-state index contributed by atoms with van der Waals surface area (Å²) in [7, 11) is 1.87. The Balaban J connectivity index is 1.98. The van der Waals surface area contributed by atoms with Crippen LogP contribution in [0.2, 0.25) is 0 Å². The van der Waals surface area contributed by atoms with Gasteiger partial charge in [0.05, 0.1) is 6.04 Å². The summed E-state index contributed by atoms with van der Waals surface area (Å²) in [6, 6.07) is 6.94. The molecule has 0 aliphatic heterocycles. The predicted molar refractivity (Wildman–Crippen MR) is 62.5 cm³/mol. The molecule has 0 radical (unpaired) electrons. The highest BCUT2D eigenvalue weighted by Crippen LogP contribution is 2.23. The van der Waals surface area contributed by atoms with Gasteiger partial charge in [-0.25, -0.2) is 9.38 Å². The van der Waals surface area contributed by atoms with Crippen molar-refractivity contribution in [2.24, 2.45) is 10.7 Å². The van der Waals surface area contributed by atoms with Gasteiger partial charge in [0.2, 0.25) is 0 Å². The molecule has 2 rings (SSSR count). The van der Waals surface area contributed by atoms with Crippen LogP contribution >= 0.6 is 0 Å². The first-order chi connectivity index (χ1) is 7.65. The van der Waals surface area contributed by atoms with Crippen molar-refractivity contribution < 1.29 is 4.39 Å². The molecule has 1 aromatic carbocycles. The number of nitrogens with zero attached hydrogens (tertiary/aromatic N) is 2. The van der Waals surface area contributed by atoms with Gasteiger partial charge in [0, 0.05) is 13.6 Å². The van der Waals surface area contributed by atoms with Crippen LogP contribution in [-0.2, 0) is 6.54 Å². The topological polar surface area (TPSA) is 41.6 Å². The fraction of sp³-hybridized carbons (Fsp3) is 0.417. The van der Waals surface area contributed by atoms with Crippen LogP contribution in [0.3, 0.4) is 0 Å². The quantitative estimate of drug-likeness (QED) is 0.624. The molecule has 1 fully saturated rings. The molecule has 86 valence electrons. The number of benzene rings is 1. The van der Waals surface area contributed by atoms with Crippen LogP contribution in [-0.4, -0.2) is 23.9 Å². The normalized spacial score (nSPS) is 16.2. The van der Waals surface area contributed by atoms with Crippen LogP contribution in [0.4, 0.5) is 4.39 Å². The summed E-state index contributed by atoms with van der Waals surface area (Å²) in [4.78, 5) is 6.17. The first-order valence-electron chi connectivity index (χ1n) is 5.44. The SMILES string of the molecule is CN(Cc1cccc(F)c1)C(N)=NC1CC1. The fourth-order valence-corrected chi connectivity index (χ4v) is 1.48. The molecule has 0 bridgehead atoms. The zero-order valence-corrected chi connectivity index (χ0v) is 9.36. The molecular weight excluding hydrogens is 205 g/mol. The maximum Gasteiger partial charge on any atom is 0.191 e. The van der Waals surface area contributed by atoms with Crippen molar-refractivity contribution in [3.05, 3.63) is 35.6 Å². The second-order valence-electron chi connectivity index (χ2n) is 4.20. The Labute approximate surface area is 94.8 Å². The van der Waals surface area contributed by atoms with Crippen LogP contribution in [0.1, 0.15) is 18.4 Å². The van der Waals surface area contributed by atoms with Crippen LogP contribution in [0, 0.1) is 5.82 Å². The van der Waals surface area contributed by atoms with E-state index in [0.29, 0.717) is 18.5 Å². The lowest BCUT2D eigenvalue weighted by Gasteiger charge is -2.18. The van der Waals surface area contributed by atoms with Crippen molar-refractivity contribution in [3.63, 3.8) is 0 Å². The van der Waals surface area contributed by atoms with Crippen LogP contribution in [0.25, 0.3) is 0 Å². The van der Waals surface area contributed by atoms with Crippen molar-refractivity contribution in [3.8, 4) is 0 Å².